The van der Waals surface area contributed by atoms with Gasteiger partial charge in [0.1, 0.15) is 0 Å². The van der Waals surface area contributed by atoms with E-state index in [9.17, 15) is 14.9 Å². The van der Waals surface area contributed by atoms with Gasteiger partial charge in [-0.25, -0.2) is 9.48 Å². The van der Waals surface area contributed by atoms with Gasteiger partial charge in [0.15, 0.2) is 5.69 Å². The lowest BCUT2D eigenvalue weighted by atomic mass is 10.1. The number of hydrogen-bond acceptors (Lipinski definition) is 4. The van der Waals surface area contributed by atoms with Gasteiger partial charge in [0.25, 0.3) is 5.69 Å². The van der Waals surface area contributed by atoms with Gasteiger partial charge in [-0.1, -0.05) is 6.07 Å². The first-order valence-corrected chi connectivity index (χ1v) is 5.80. The van der Waals surface area contributed by atoms with Gasteiger partial charge in [0.2, 0.25) is 0 Å². The van der Waals surface area contributed by atoms with E-state index in [-0.39, 0.29) is 16.9 Å². The molecule has 0 atom stereocenters. The van der Waals surface area contributed by atoms with Crippen molar-refractivity contribution in [3.63, 3.8) is 0 Å². The molecule has 2 aromatic rings. The smallest absolute Gasteiger partial charge is 0.338 e. The van der Waals surface area contributed by atoms with Crippen molar-refractivity contribution >= 4 is 34.2 Å². The first-order valence-electron chi connectivity index (χ1n) is 4.72. The standard InChI is InChI=1S/C10H6IN3O4/c11-6-4-12-13(5-6)9-7(10(15)16)2-1-3-8(9)14(17)18/h1-5H,(H,15,16). The number of aromatic carboxylic acids is 1. The van der Waals surface area contributed by atoms with E-state index in [1.54, 1.807) is 0 Å². The summed E-state index contributed by atoms with van der Waals surface area (Å²) in [5, 5.41) is 23.9. The summed E-state index contributed by atoms with van der Waals surface area (Å²) < 4.78 is 1.95. The highest BCUT2D eigenvalue weighted by molar-refractivity contribution is 14.1. The van der Waals surface area contributed by atoms with Gasteiger partial charge in [-0.3, -0.25) is 10.1 Å². The summed E-state index contributed by atoms with van der Waals surface area (Å²) in [6.45, 7) is 0. The first-order chi connectivity index (χ1) is 8.50. The van der Waals surface area contributed by atoms with Crippen LogP contribution >= 0.6 is 22.6 Å². The number of carbonyl (C=O) groups is 1. The highest BCUT2D eigenvalue weighted by atomic mass is 127. The molecular weight excluding hydrogens is 353 g/mol. The average molecular weight is 359 g/mol. The van der Waals surface area contributed by atoms with E-state index in [1.807, 2.05) is 22.6 Å². The number of hydrogen-bond donors (Lipinski definition) is 1. The largest absolute Gasteiger partial charge is 0.478 e. The molecule has 0 saturated carbocycles. The van der Waals surface area contributed by atoms with Crippen molar-refractivity contribution in [2.45, 2.75) is 0 Å². The molecule has 0 aliphatic rings. The Morgan fingerprint density at radius 2 is 2.22 bits per heavy atom. The summed E-state index contributed by atoms with van der Waals surface area (Å²) in [4.78, 5) is 21.4. The molecule has 0 spiro atoms. The SMILES string of the molecule is O=C(O)c1cccc([N+](=O)[O-])c1-n1cc(I)cn1. The third kappa shape index (κ3) is 2.18. The van der Waals surface area contributed by atoms with Crippen molar-refractivity contribution in [3.05, 3.63) is 49.8 Å². The molecule has 0 amide bonds. The second-order valence-corrected chi connectivity index (χ2v) is 4.58. The van der Waals surface area contributed by atoms with Crippen molar-refractivity contribution in [2.24, 2.45) is 0 Å². The van der Waals surface area contributed by atoms with Crippen LogP contribution in [-0.2, 0) is 0 Å². The van der Waals surface area contributed by atoms with Crippen molar-refractivity contribution in [2.75, 3.05) is 0 Å². The lowest BCUT2D eigenvalue weighted by Gasteiger charge is -2.06. The number of benzene rings is 1. The Bertz CT molecular complexity index is 606. The third-order valence-corrected chi connectivity index (χ3v) is 2.78. The van der Waals surface area contributed by atoms with Crippen LogP contribution in [-0.4, -0.2) is 25.8 Å². The van der Waals surface area contributed by atoms with Gasteiger partial charge in [0, 0.05) is 12.3 Å². The van der Waals surface area contributed by atoms with E-state index in [1.165, 1.54) is 35.3 Å². The van der Waals surface area contributed by atoms with Crippen LogP contribution in [0.25, 0.3) is 5.69 Å². The van der Waals surface area contributed by atoms with Gasteiger partial charge in [-0.15, -0.1) is 0 Å². The molecule has 18 heavy (non-hydrogen) atoms. The first kappa shape index (κ1) is 12.5. The Labute approximate surface area is 114 Å². The molecule has 7 nitrogen and oxygen atoms in total. The van der Waals surface area contributed by atoms with Gasteiger partial charge in [-0.2, -0.15) is 5.10 Å². The third-order valence-electron chi connectivity index (χ3n) is 2.22. The van der Waals surface area contributed by atoms with Crippen molar-refractivity contribution < 1.29 is 14.8 Å². The predicted molar refractivity (Wildman–Crippen MR) is 69.9 cm³/mol. The van der Waals surface area contributed by atoms with Crippen LogP contribution in [0.4, 0.5) is 5.69 Å². The molecule has 1 aromatic heterocycles. The molecule has 0 aliphatic carbocycles. The fourth-order valence-electron chi connectivity index (χ4n) is 1.52. The minimum Gasteiger partial charge on any atom is -0.478 e. The second kappa shape index (κ2) is 4.72. The summed E-state index contributed by atoms with van der Waals surface area (Å²) in [5.41, 5.74) is -0.504. The van der Waals surface area contributed by atoms with Crippen LogP contribution < -0.4 is 0 Å². The van der Waals surface area contributed by atoms with Gasteiger partial charge in [0.05, 0.1) is 20.3 Å². The summed E-state index contributed by atoms with van der Waals surface area (Å²) >= 11 is 1.98. The zero-order valence-corrected chi connectivity index (χ0v) is 10.9. The van der Waals surface area contributed by atoms with Crippen LogP contribution in [0.2, 0.25) is 0 Å². The van der Waals surface area contributed by atoms with Crippen molar-refractivity contribution in [3.8, 4) is 5.69 Å². The van der Waals surface area contributed by atoms with Crippen molar-refractivity contribution in [1.82, 2.24) is 9.78 Å². The molecule has 0 aliphatic heterocycles. The van der Waals surface area contributed by atoms with Crippen molar-refractivity contribution in [1.29, 1.82) is 0 Å². The molecular formula is C10H6IN3O4. The van der Waals surface area contributed by atoms with E-state index < -0.39 is 10.9 Å². The van der Waals surface area contributed by atoms with Crippen LogP contribution in [0.15, 0.2) is 30.6 Å². The molecule has 0 unspecified atom stereocenters. The van der Waals surface area contributed by atoms with Crippen LogP contribution in [0.1, 0.15) is 10.4 Å². The molecule has 0 fully saturated rings. The molecule has 8 heteroatoms. The average Bonchev–Trinajstić information content (AvgIpc) is 2.74. The van der Waals surface area contributed by atoms with E-state index in [0.29, 0.717) is 0 Å². The Balaban J connectivity index is 2.76. The number of para-hydroxylation sites is 1. The quantitative estimate of drug-likeness (QED) is 0.514. The maximum atomic E-state index is 11.1. The van der Waals surface area contributed by atoms with Gasteiger partial charge >= 0.3 is 5.97 Å². The summed E-state index contributed by atoms with van der Waals surface area (Å²) in [5.74, 6) is -1.24. The number of carboxylic acid groups (broad SMARTS) is 1. The lowest BCUT2D eigenvalue weighted by Crippen LogP contribution is -2.08. The Morgan fingerprint density at radius 1 is 1.50 bits per heavy atom. The fourth-order valence-corrected chi connectivity index (χ4v) is 1.90. The lowest BCUT2D eigenvalue weighted by molar-refractivity contribution is -0.384. The van der Waals surface area contributed by atoms with Crippen LogP contribution in [0.3, 0.4) is 0 Å². The molecule has 92 valence electrons. The summed E-state index contributed by atoms with van der Waals surface area (Å²) in [6.07, 6.45) is 3.01. The molecule has 0 bridgehead atoms. The molecule has 1 heterocycles. The fraction of sp³-hybridized carbons (Fsp3) is 0. The Hall–Kier alpha value is -1.97. The zero-order valence-electron chi connectivity index (χ0n) is 8.78. The van der Waals surface area contributed by atoms with E-state index >= 15 is 0 Å². The highest BCUT2D eigenvalue weighted by Gasteiger charge is 2.23. The maximum absolute atomic E-state index is 11.1. The monoisotopic (exact) mass is 359 g/mol. The Kier molecular flexibility index (Phi) is 3.28. The zero-order chi connectivity index (χ0) is 13.3. The molecule has 1 aromatic carbocycles. The number of carboxylic acids is 1. The number of nitrogens with zero attached hydrogens (tertiary/aromatic N) is 3. The second-order valence-electron chi connectivity index (χ2n) is 3.34. The van der Waals surface area contributed by atoms with Crippen LogP contribution in [0, 0.1) is 13.7 Å². The van der Waals surface area contributed by atoms with E-state index in [0.717, 1.165) is 3.57 Å². The van der Waals surface area contributed by atoms with Gasteiger partial charge in [-0.05, 0) is 28.7 Å². The molecule has 1 N–H and O–H groups in total. The molecule has 0 saturated heterocycles. The predicted octanol–water partition coefficient (Wildman–Crippen LogP) is 2.08. The van der Waals surface area contributed by atoms with E-state index in [4.69, 9.17) is 5.11 Å². The minimum absolute atomic E-state index is 0.0436. The number of rotatable bonds is 3. The summed E-state index contributed by atoms with van der Waals surface area (Å²) in [6, 6.07) is 3.88. The normalized spacial score (nSPS) is 10.3. The van der Waals surface area contributed by atoms with E-state index in [2.05, 4.69) is 5.10 Å². The number of nitro groups is 1. The number of nitro benzene ring substituents is 1. The Morgan fingerprint density at radius 3 is 2.72 bits per heavy atom. The summed E-state index contributed by atoms with van der Waals surface area (Å²) in [7, 11) is 0. The number of halogens is 1. The highest BCUT2D eigenvalue weighted by Crippen LogP contribution is 2.26. The molecule has 0 radical (unpaired) electrons. The van der Waals surface area contributed by atoms with Crippen LogP contribution in [0.5, 0.6) is 0 Å². The van der Waals surface area contributed by atoms with Gasteiger partial charge < -0.3 is 5.11 Å². The minimum atomic E-state index is -1.24. The maximum Gasteiger partial charge on any atom is 0.338 e. The molecule has 2 rings (SSSR count). The number of aromatic nitrogens is 2. The topological polar surface area (TPSA) is 98.3 Å².